The van der Waals surface area contributed by atoms with Crippen molar-refractivity contribution in [2.75, 3.05) is 11.9 Å². The summed E-state index contributed by atoms with van der Waals surface area (Å²) in [6.45, 7) is 0.693. The van der Waals surface area contributed by atoms with Crippen molar-refractivity contribution in [2.45, 2.75) is 6.42 Å². The van der Waals surface area contributed by atoms with Gasteiger partial charge < -0.3 is 10.3 Å². The lowest BCUT2D eigenvalue weighted by Gasteiger charge is -2.03. The lowest BCUT2D eigenvalue weighted by atomic mass is 10.0. The highest BCUT2D eigenvalue weighted by Gasteiger charge is 2.22. The third kappa shape index (κ3) is 1.53. The normalized spacial score (nSPS) is 14.4. The van der Waals surface area contributed by atoms with Gasteiger partial charge in [0.1, 0.15) is 0 Å². The van der Waals surface area contributed by atoms with Gasteiger partial charge in [0.25, 0.3) is 0 Å². The summed E-state index contributed by atoms with van der Waals surface area (Å²) < 4.78 is 0. The summed E-state index contributed by atoms with van der Waals surface area (Å²) in [5, 5.41) is 6.51. The van der Waals surface area contributed by atoms with Gasteiger partial charge in [0, 0.05) is 29.4 Å². The summed E-state index contributed by atoms with van der Waals surface area (Å²) in [5.74, 6) is 0.216. The Labute approximate surface area is 114 Å². The summed E-state index contributed by atoms with van der Waals surface area (Å²) in [6.07, 6.45) is 0.553. The summed E-state index contributed by atoms with van der Waals surface area (Å²) in [6, 6.07) is 10.0. The Kier molecular flexibility index (Phi) is 2.26. The molecule has 0 saturated heterocycles. The van der Waals surface area contributed by atoms with Gasteiger partial charge in [-0.1, -0.05) is 18.2 Å². The van der Waals surface area contributed by atoms with Crippen LogP contribution in [0.1, 0.15) is 16.8 Å². The van der Waals surface area contributed by atoms with E-state index in [1.165, 1.54) is 4.88 Å². The van der Waals surface area contributed by atoms with Gasteiger partial charge in [-0.2, -0.15) is 0 Å². The minimum absolute atomic E-state index is 0.216. The minimum Gasteiger partial charge on any atom is -0.382 e. The van der Waals surface area contributed by atoms with E-state index in [0.717, 1.165) is 27.8 Å². The number of nitrogens with one attached hydrogen (secondary N) is 2. The molecule has 3 aromatic rings. The first-order valence-corrected chi connectivity index (χ1v) is 7.18. The predicted molar refractivity (Wildman–Crippen MR) is 79.0 cm³/mol. The number of carbonyl (C=O) groups is 1. The summed E-state index contributed by atoms with van der Waals surface area (Å²) in [7, 11) is 0. The number of H-pyrrole nitrogens is 1. The molecule has 1 aromatic carbocycles. The van der Waals surface area contributed by atoms with Gasteiger partial charge in [0.05, 0.1) is 16.3 Å². The molecule has 4 rings (SSSR count). The summed E-state index contributed by atoms with van der Waals surface area (Å²) >= 11 is 1.70. The number of aromatic nitrogens is 1. The third-order valence-electron chi connectivity index (χ3n) is 3.55. The topological polar surface area (TPSA) is 44.9 Å². The number of benzene rings is 1. The van der Waals surface area contributed by atoms with Crippen LogP contribution in [0, 0.1) is 0 Å². The SMILES string of the molecule is O=C1CCNc2c(-c3cccs3)[nH]c3cccc1c23. The number of rotatable bonds is 1. The van der Waals surface area contributed by atoms with Crippen LogP contribution < -0.4 is 5.32 Å². The molecule has 19 heavy (non-hydrogen) atoms. The van der Waals surface area contributed by atoms with E-state index in [1.54, 1.807) is 11.3 Å². The zero-order chi connectivity index (χ0) is 12.8. The maximum absolute atomic E-state index is 12.1. The molecule has 2 aromatic heterocycles. The fraction of sp³-hybridized carbons (Fsp3) is 0.133. The molecule has 0 spiro atoms. The molecule has 3 nitrogen and oxygen atoms in total. The Balaban J connectivity index is 2.10. The second-order valence-corrected chi connectivity index (χ2v) is 5.63. The quantitative estimate of drug-likeness (QED) is 0.703. The first-order valence-electron chi connectivity index (χ1n) is 6.30. The second kappa shape index (κ2) is 3.96. The fourth-order valence-electron chi connectivity index (χ4n) is 2.70. The Morgan fingerprint density at radius 2 is 2.11 bits per heavy atom. The van der Waals surface area contributed by atoms with Crippen molar-refractivity contribution in [3.63, 3.8) is 0 Å². The molecule has 0 amide bonds. The van der Waals surface area contributed by atoms with Crippen molar-refractivity contribution in [3.05, 3.63) is 41.3 Å². The second-order valence-electron chi connectivity index (χ2n) is 4.68. The maximum Gasteiger partial charge on any atom is 0.165 e. The molecule has 0 unspecified atom stereocenters. The molecule has 2 N–H and O–H groups in total. The van der Waals surface area contributed by atoms with E-state index in [2.05, 4.69) is 21.7 Å². The highest BCUT2D eigenvalue weighted by molar-refractivity contribution is 7.13. The van der Waals surface area contributed by atoms with Crippen LogP contribution in [0.5, 0.6) is 0 Å². The van der Waals surface area contributed by atoms with Crippen LogP contribution in [0.15, 0.2) is 35.7 Å². The van der Waals surface area contributed by atoms with Crippen molar-refractivity contribution < 1.29 is 4.79 Å². The molecule has 0 atom stereocenters. The van der Waals surface area contributed by atoms with E-state index in [4.69, 9.17) is 0 Å². The van der Waals surface area contributed by atoms with Crippen molar-refractivity contribution in [3.8, 4) is 10.6 Å². The molecule has 3 heterocycles. The number of ketones is 1. The van der Waals surface area contributed by atoms with Crippen LogP contribution in [-0.4, -0.2) is 17.3 Å². The highest BCUT2D eigenvalue weighted by Crippen LogP contribution is 2.40. The standard InChI is InChI=1S/C15H12N2OS/c18-11-6-7-16-15-13-9(11)3-1-4-10(13)17-14(15)12-5-2-8-19-12/h1-5,8,16-17H,6-7H2. The molecule has 1 aliphatic heterocycles. The van der Waals surface area contributed by atoms with Gasteiger partial charge >= 0.3 is 0 Å². The minimum atomic E-state index is 0.216. The van der Waals surface area contributed by atoms with Crippen molar-refractivity contribution in [2.24, 2.45) is 0 Å². The van der Waals surface area contributed by atoms with Crippen molar-refractivity contribution >= 4 is 33.7 Å². The first kappa shape index (κ1) is 10.8. The smallest absolute Gasteiger partial charge is 0.165 e. The third-order valence-corrected chi connectivity index (χ3v) is 4.43. The Bertz CT molecular complexity index is 771. The number of hydrogen-bond donors (Lipinski definition) is 2. The van der Waals surface area contributed by atoms with Crippen LogP contribution in [-0.2, 0) is 0 Å². The zero-order valence-electron chi connectivity index (χ0n) is 10.2. The molecular formula is C15H12N2OS. The average molecular weight is 268 g/mol. The molecule has 0 radical (unpaired) electrons. The van der Waals surface area contributed by atoms with Gasteiger partial charge in [0.2, 0.25) is 0 Å². The number of thiophene rings is 1. The number of aromatic amines is 1. The Morgan fingerprint density at radius 3 is 2.95 bits per heavy atom. The Hall–Kier alpha value is -2.07. The number of anilines is 1. The van der Waals surface area contributed by atoms with Crippen molar-refractivity contribution in [1.82, 2.24) is 4.98 Å². The van der Waals surface area contributed by atoms with E-state index >= 15 is 0 Å². The van der Waals surface area contributed by atoms with Crippen LogP contribution >= 0.6 is 11.3 Å². The van der Waals surface area contributed by atoms with Gasteiger partial charge in [-0.15, -0.1) is 11.3 Å². The average Bonchev–Trinajstić information content (AvgIpc) is 3.01. The van der Waals surface area contributed by atoms with Gasteiger partial charge in [-0.3, -0.25) is 4.79 Å². The zero-order valence-corrected chi connectivity index (χ0v) is 11.0. The highest BCUT2D eigenvalue weighted by atomic mass is 32.1. The lowest BCUT2D eigenvalue weighted by molar-refractivity contribution is 0.0989. The van der Waals surface area contributed by atoms with E-state index in [9.17, 15) is 4.79 Å². The molecule has 1 aliphatic rings. The number of hydrogen-bond acceptors (Lipinski definition) is 3. The molecule has 0 bridgehead atoms. The Morgan fingerprint density at radius 1 is 1.16 bits per heavy atom. The molecule has 0 aliphatic carbocycles. The van der Waals surface area contributed by atoms with E-state index in [0.29, 0.717) is 13.0 Å². The molecule has 4 heteroatoms. The van der Waals surface area contributed by atoms with E-state index < -0.39 is 0 Å². The summed E-state index contributed by atoms with van der Waals surface area (Å²) in [5.41, 5.74) is 4.02. The van der Waals surface area contributed by atoms with Crippen LogP contribution in [0.2, 0.25) is 0 Å². The molecule has 0 saturated carbocycles. The number of Topliss-reactive ketones (excluding diaryl/α,β-unsaturated/α-hetero) is 1. The largest absolute Gasteiger partial charge is 0.382 e. The van der Waals surface area contributed by atoms with E-state index in [1.807, 2.05) is 24.3 Å². The van der Waals surface area contributed by atoms with Gasteiger partial charge in [-0.25, -0.2) is 0 Å². The lowest BCUT2D eigenvalue weighted by Crippen LogP contribution is -2.04. The predicted octanol–water partition coefficient (Wildman–Crippen LogP) is 3.89. The van der Waals surface area contributed by atoms with Crippen molar-refractivity contribution in [1.29, 1.82) is 0 Å². The molecular weight excluding hydrogens is 256 g/mol. The van der Waals surface area contributed by atoms with Gasteiger partial charge in [0.15, 0.2) is 5.78 Å². The molecule has 94 valence electrons. The molecule has 0 fully saturated rings. The maximum atomic E-state index is 12.1. The van der Waals surface area contributed by atoms with Gasteiger partial charge in [-0.05, 0) is 17.5 Å². The first-order chi connectivity index (χ1) is 9.34. The van der Waals surface area contributed by atoms with Crippen LogP contribution in [0.3, 0.4) is 0 Å². The van der Waals surface area contributed by atoms with Crippen LogP contribution in [0.25, 0.3) is 21.5 Å². The number of carbonyl (C=O) groups excluding carboxylic acids is 1. The summed E-state index contributed by atoms with van der Waals surface area (Å²) in [4.78, 5) is 16.8. The van der Waals surface area contributed by atoms with E-state index in [-0.39, 0.29) is 5.78 Å². The fourth-order valence-corrected chi connectivity index (χ4v) is 3.43. The van der Waals surface area contributed by atoms with Crippen LogP contribution in [0.4, 0.5) is 5.69 Å². The monoisotopic (exact) mass is 268 g/mol.